The van der Waals surface area contributed by atoms with Gasteiger partial charge in [0.2, 0.25) is 5.91 Å². The maximum absolute atomic E-state index is 12.1. The zero-order valence-corrected chi connectivity index (χ0v) is 12.9. The van der Waals surface area contributed by atoms with Gasteiger partial charge >= 0.3 is 0 Å². The van der Waals surface area contributed by atoms with Gasteiger partial charge in [-0.05, 0) is 38.1 Å². The first-order chi connectivity index (χ1) is 9.56. The molecule has 0 aromatic carbocycles. The molecule has 20 heavy (non-hydrogen) atoms. The molecule has 112 valence electrons. The lowest BCUT2D eigenvalue weighted by Gasteiger charge is -2.18. The van der Waals surface area contributed by atoms with Gasteiger partial charge in [0.25, 0.3) is 0 Å². The van der Waals surface area contributed by atoms with Crippen LogP contribution in [0.2, 0.25) is 0 Å². The predicted octanol–water partition coefficient (Wildman–Crippen LogP) is 2.07. The number of hydrogen-bond donors (Lipinski definition) is 1. The fourth-order valence-electron chi connectivity index (χ4n) is 2.47. The molecule has 5 heteroatoms. The Labute approximate surface area is 124 Å². The summed E-state index contributed by atoms with van der Waals surface area (Å²) in [4.78, 5) is 15.2. The fourth-order valence-corrected chi connectivity index (χ4v) is 3.22. The molecule has 1 aliphatic rings. The second kappa shape index (κ2) is 7.20. The molecule has 0 saturated carbocycles. The van der Waals surface area contributed by atoms with Gasteiger partial charge in [-0.3, -0.25) is 4.79 Å². The van der Waals surface area contributed by atoms with Crippen LogP contribution in [-0.2, 0) is 16.0 Å². The second-order valence-corrected chi connectivity index (χ2v) is 6.55. The molecule has 1 N–H and O–H groups in total. The number of carbonyl (C=O) groups is 1. The average Bonchev–Trinajstić information content (AvgIpc) is 3.00. The Hall–Kier alpha value is -0.910. The lowest BCUT2D eigenvalue weighted by atomic mass is 10.2. The van der Waals surface area contributed by atoms with Crippen LogP contribution in [-0.4, -0.2) is 47.3 Å². The minimum Gasteiger partial charge on any atom is -0.388 e. The molecular weight excluding hydrogens is 274 g/mol. The van der Waals surface area contributed by atoms with E-state index in [4.69, 9.17) is 4.74 Å². The van der Waals surface area contributed by atoms with Gasteiger partial charge < -0.3 is 14.7 Å². The van der Waals surface area contributed by atoms with Crippen molar-refractivity contribution >= 4 is 17.2 Å². The van der Waals surface area contributed by atoms with Gasteiger partial charge in [0.15, 0.2) is 0 Å². The van der Waals surface area contributed by atoms with Crippen molar-refractivity contribution in [2.45, 2.75) is 51.4 Å². The van der Waals surface area contributed by atoms with E-state index in [1.807, 2.05) is 19.9 Å². The van der Waals surface area contributed by atoms with E-state index in [1.54, 1.807) is 16.2 Å². The van der Waals surface area contributed by atoms with Crippen molar-refractivity contribution in [2.75, 3.05) is 13.1 Å². The molecule has 2 heterocycles. The maximum atomic E-state index is 12.1. The molecule has 0 aliphatic carbocycles. The molecule has 0 bridgehead atoms. The van der Waals surface area contributed by atoms with Gasteiger partial charge in [-0.15, -0.1) is 11.3 Å². The van der Waals surface area contributed by atoms with Crippen molar-refractivity contribution in [3.05, 3.63) is 22.4 Å². The van der Waals surface area contributed by atoms with E-state index in [1.165, 1.54) is 4.88 Å². The smallest absolute Gasteiger partial charge is 0.222 e. The summed E-state index contributed by atoms with van der Waals surface area (Å²) >= 11 is 1.73. The minimum absolute atomic E-state index is 0.0727. The molecule has 1 amide bonds. The Morgan fingerprint density at radius 2 is 2.35 bits per heavy atom. The van der Waals surface area contributed by atoms with E-state index in [0.717, 1.165) is 12.8 Å². The highest BCUT2D eigenvalue weighted by atomic mass is 32.1. The summed E-state index contributed by atoms with van der Waals surface area (Å²) in [5.41, 5.74) is 0. The summed E-state index contributed by atoms with van der Waals surface area (Å²) in [5.74, 6) is 0.121. The van der Waals surface area contributed by atoms with Crippen molar-refractivity contribution in [3.8, 4) is 0 Å². The van der Waals surface area contributed by atoms with Crippen molar-refractivity contribution in [2.24, 2.45) is 0 Å². The molecule has 1 aliphatic heterocycles. The van der Waals surface area contributed by atoms with Crippen LogP contribution in [0.5, 0.6) is 0 Å². The summed E-state index contributed by atoms with van der Waals surface area (Å²) in [7, 11) is 0. The molecule has 0 radical (unpaired) electrons. The Bertz CT molecular complexity index is 419. The number of amides is 1. The van der Waals surface area contributed by atoms with E-state index >= 15 is 0 Å². The maximum Gasteiger partial charge on any atom is 0.222 e. The lowest BCUT2D eigenvalue weighted by molar-refractivity contribution is -0.131. The first-order valence-corrected chi connectivity index (χ1v) is 8.08. The van der Waals surface area contributed by atoms with E-state index in [9.17, 15) is 9.90 Å². The highest BCUT2D eigenvalue weighted by molar-refractivity contribution is 7.09. The van der Waals surface area contributed by atoms with Crippen LogP contribution < -0.4 is 0 Å². The number of thiophene rings is 1. The standard InChI is InChI=1S/C15H23NO3S/c1-11(2)19-14-10-16(9-13(14)17)15(18)7-3-5-12-6-4-8-20-12/h4,6,8,11,13-14,17H,3,5,7,9-10H2,1-2H3/t13-,14-/m0/s1. The van der Waals surface area contributed by atoms with E-state index in [0.29, 0.717) is 19.5 Å². The zero-order chi connectivity index (χ0) is 14.5. The van der Waals surface area contributed by atoms with Crippen LogP contribution >= 0.6 is 11.3 Å². The van der Waals surface area contributed by atoms with Gasteiger partial charge in [-0.25, -0.2) is 0 Å². The number of carbonyl (C=O) groups excluding carboxylic acids is 1. The Morgan fingerprint density at radius 3 is 3.00 bits per heavy atom. The average molecular weight is 297 g/mol. The molecule has 0 spiro atoms. The number of likely N-dealkylation sites (tertiary alicyclic amines) is 1. The third-order valence-electron chi connectivity index (χ3n) is 3.43. The number of ether oxygens (including phenoxy) is 1. The summed E-state index contributed by atoms with van der Waals surface area (Å²) in [6, 6.07) is 4.13. The van der Waals surface area contributed by atoms with Crippen LogP contribution in [0.3, 0.4) is 0 Å². The number of rotatable bonds is 6. The van der Waals surface area contributed by atoms with Crippen LogP contribution in [0.4, 0.5) is 0 Å². The van der Waals surface area contributed by atoms with Crippen LogP contribution in [0, 0.1) is 0 Å². The highest BCUT2D eigenvalue weighted by Gasteiger charge is 2.34. The summed E-state index contributed by atoms with van der Waals surface area (Å²) in [6.07, 6.45) is 1.63. The van der Waals surface area contributed by atoms with Crippen LogP contribution in [0.15, 0.2) is 17.5 Å². The Kier molecular flexibility index (Phi) is 5.57. The monoisotopic (exact) mass is 297 g/mol. The molecule has 2 atom stereocenters. The normalized spacial score (nSPS) is 22.7. The molecule has 2 rings (SSSR count). The number of aliphatic hydroxyl groups excluding tert-OH is 1. The van der Waals surface area contributed by atoms with Crippen LogP contribution in [0.1, 0.15) is 31.6 Å². The first-order valence-electron chi connectivity index (χ1n) is 7.20. The van der Waals surface area contributed by atoms with E-state index < -0.39 is 6.10 Å². The van der Waals surface area contributed by atoms with Crippen molar-refractivity contribution in [3.63, 3.8) is 0 Å². The minimum atomic E-state index is -0.557. The predicted molar refractivity (Wildman–Crippen MR) is 79.9 cm³/mol. The number of hydrogen-bond acceptors (Lipinski definition) is 4. The van der Waals surface area contributed by atoms with Gasteiger partial charge in [0.1, 0.15) is 6.10 Å². The molecule has 1 saturated heterocycles. The third-order valence-corrected chi connectivity index (χ3v) is 4.37. The zero-order valence-electron chi connectivity index (χ0n) is 12.1. The van der Waals surface area contributed by atoms with Crippen molar-refractivity contribution in [1.29, 1.82) is 0 Å². The van der Waals surface area contributed by atoms with E-state index in [2.05, 4.69) is 11.4 Å². The fraction of sp³-hybridized carbons (Fsp3) is 0.667. The van der Waals surface area contributed by atoms with E-state index in [-0.39, 0.29) is 18.1 Å². The van der Waals surface area contributed by atoms with Gasteiger partial charge in [0.05, 0.1) is 12.2 Å². The lowest BCUT2D eigenvalue weighted by Crippen LogP contribution is -2.31. The SMILES string of the molecule is CC(C)O[C@H]1CN(C(=O)CCCc2cccs2)C[C@@H]1O. The topological polar surface area (TPSA) is 49.8 Å². The summed E-state index contributed by atoms with van der Waals surface area (Å²) < 4.78 is 5.62. The van der Waals surface area contributed by atoms with Gasteiger partial charge in [-0.1, -0.05) is 6.07 Å². The molecular formula is C15H23NO3S. The number of aliphatic hydroxyl groups is 1. The molecule has 1 aromatic heterocycles. The number of β-amino-alcohol motifs (C(OH)–C–C–N with tert-alkyl or cyclic N) is 1. The van der Waals surface area contributed by atoms with Gasteiger partial charge in [0, 0.05) is 24.4 Å². The Balaban J connectivity index is 1.73. The largest absolute Gasteiger partial charge is 0.388 e. The summed E-state index contributed by atoms with van der Waals surface area (Å²) in [6.45, 7) is 4.79. The molecule has 0 unspecified atom stereocenters. The number of aryl methyl sites for hydroxylation is 1. The molecule has 4 nitrogen and oxygen atoms in total. The number of nitrogens with zero attached hydrogens (tertiary/aromatic N) is 1. The third kappa shape index (κ3) is 4.30. The molecule has 1 aromatic rings. The highest BCUT2D eigenvalue weighted by Crippen LogP contribution is 2.18. The van der Waals surface area contributed by atoms with Gasteiger partial charge in [-0.2, -0.15) is 0 Å². The first kappa shape index (κ1) is 15.5. The quantitative estimate of drug-likeness (QED) is 0.874. The van der Waals surface area contributed by atoms with Crippen LogP contribution in [0.25, 0.3) is 0 Å². The second-order valence-electron chi connectivity index (χ2n) is 5.52. The Morgan fingerprint density at radius 1 is 1.55 bits per heavy atom. The van der Waals surface area contributed by atoms with Crippen molar-refractivity contribution < 1.29 is 14.6 Å². The van der Waals surface area contributed by atoms with Crippen molar-refractivity contribution in [1.82, 2.24) is 4.90 Å². The summed E-state index contributed by atoms with van der Waals surface area (Å²) in [5, 5.41) is 12.0. The molecule has 1 fully saturated rings.